The highest BCUT2D eigenvalue weighted by atomic mass is 19.1. The van der Waals surface area contributed by atoms with E-state index < -0.39 is 18.1 Å². The van der Waals surface area contributed by atoms with Gasteiger partial charge in [0.2, 0.25) is 0 Å². The zero-order valence-electron chi connectivity index (χ0n) is 11.7. The maximum atomic E-state index is 14.0. The summed E-state index contributed by atoms with van der Waals surface area (Å²) in [6, 6.07) is 4.19. The molecule has 0 N–H and O–H groups in total. The Labute approximate surface area is 117 Å². The third-order valence-electron chi connectivity index (χ3n) is 3.31. The molecule has 1 fully saturated rings. The highest BCUT2D eigenvalue weighted by Gasteiger charge is 2.25. The average Bonchev–Trinajstić information content (AvgIpc) is 2.47. The van der Waals surface area contributed by atoms with E-state index in [9.17, 15) is 9.18 Å². The number of benzene rings is 1. The molecule has 0 unspecified atom stereocenters. The van der Waals surface area contributed by atoms with Crippen LogP contribution in [0.2, 0.25) is 0 Å². The van der Waals surface area contributed by atoms with Crippen LogP contribution in [-0.2, 0) is 14.2 Å². The summed E-state index contributed by atoms with van der Waals surface area (Å²) in [6.45, 7) is 5.14. The summed E-state index contributed by atoms with van der Waals surface area (Å²) in [5, 5.41) is 0. The first-order valence-corrected chi connectivity index (χ1v) is 6.85. The van der Waals surface area contributed by atoms with E-state index in [4.69, 9.17) is 14.2 Å². The van der Waals surface area contributed by atoms with Crippen LogP contribution in [0.25, 0.3) is 0 Å². The van der Waals surface area contributed by atoms with Crippen molar-refractivity contribution in [2.24, 2.45) is 5.92 Å². The van der Waals surface area contributed by atoms with Crippen molar-refractivity contribution in [2.45, 2.75) is 26.6 Å². The van der Waals surface area contributed by atoms with Crippen molar-refractivity contribution in [1.29, 1.82) is 0 Å². The fourth-order valence-electron chi connectivity index (χ4n) is 2.02. The molecule has 0 bridgehead atoms. The smallest absolute Gasteiger partial charge is 0.338 e. The van der Waals surface area contributed by atoms with Gasteiger partial charge in [-0.3, -0.25) is 0 Å². The molecule has 0 aromatic heterocycles. The molecule has 1 aromatic rings. The summed E-state index contributed by atoms with van der Waals surface area (Å²) in [5.41, 5.74) is 0.503. The first kappa shape index (κ1) is 14.9. The molecule has 1 saturated heterocycles. The van der Waals surface area contributed by atoms with Crippen LogP contribution in [0.4, 0.5) is 4.39 Å². The van der Waals surface area contributed by atoms with Crippen molar-refractivity contribution in [2.75, 3.05) is 19.8 Å². The van der Waals surface area contributed by atoms with Gasteiger partial charge in [0.15, 0.2) is 6.29 Å². The highest BCUT2D eigenvalue weighted by Crippen LogP contribution is 2.28. The molecule has 1 aliphatic rings. The summed E-state index contributed by atoms with van der Waals surface area (Å²) in [5.74, 6) is -0.696. The van der Waals surface area contributed by atoms with Crippen LogP contribution >= 0.6 is 0 Å². The monoisotopic (exact) mass is 282 g/mol. The Balaban J connectivity index is 2.08. The zero-order chi connectivity index (χ0) is 14.5. The largest absolute Gasteiger partial charge is 0.462 e. The van der Waals surface area contributed by atoms with Crippen LogP contribution in [-0.4, -0.2) is 25.8 Å². The van der Waals surface area contributed by atoms with Crippen molar-refractivity contribution < 1.29 is 23.4 Å². The molecular weight excluding hydrogens is 263 g/mol. The molecule has 20 heavy (non-hydrogen) atoms. The molecule has 0 saturated carbocycles. The SMILES string of the molecule is CCOC(=O)c1ccc(C2OCC(CC)CO2)c(F)c1. The molecule has 0 amide bonds. The molecule has 5 heteroatoms. The van der Waals surface area contributed by atoms with Gasteiger partial charge in [-0.1, -0.05) is 13.0 Å². The molecule has 0 spiro atoms. The lowest BCUT2D eigenvalue weighted by Gasteiger charge is -2.29. The van der Waals surface area contributed by atoms with Gasteiger partial charge in [0, 0.05) is 11.5 Å². The molecule has 0 aliphatic carbocycles. The van der Waals surface area contributed by atoms with Gasteiger partial charge in [-0.05, 0) is 25.5 Å². The lowest BCUT2D eigenvalue weighted by Crippen LogP contribution is -2.27. The Kier molecular flexibility index (Phi) is 5.09. The first-order chi connectivity index (χ1) is 9.65. The molecule has 110 valence electrons. The topological polar surface area (TPSA) is 44.8 Å². The van der Waals surface area contributed by atoms with Crippen molar-refractivity contribution in [1.82, 2.24) is 0 Å². The van der Waals surface area contributed by atoms with Gasteiger partial charge in [-0.15, -0.1) is 0 Å². The summed E-state index contributed by atoms with van der Waals surface area (Å²) >= 11 is 0. The van der Waals surface area contributed by atoms with E-state index in [1.54, 1.807) is 6.92 Å². The fraction of sp³-hybridized carbons (Fsp3) is 0.533. The van der Waals surface area contributed by atoms with Crippen LogP contribution in [0, 0.1) is 11.7 Å². The molecule has 0 atom stereocenters. The van der Waals surface area contributed by atoms with Gasteiger partial charge in [0.05, 0.1) is 25.4 Å². The number of halogens is 1. The number of carbonyl (C=O) groups excluding carboxylic acids is 1. The van der Waals surface area contributed by atoms with Gasteiger partial charge >= 0.3 is 5.97 Å². The lowest BCUT2D eigenvalue weighted by atomic mass is 10.1. The fourth-order valence-corrected chi connectivity index (χ4v) is 2.02. The molecule has 0 radical (unpaired) electrons. The predicted octanol–water partition coefficient (Wildman–Crippen LogP) is 3.07. The second-order valence-corrected chi connectivity index (χ2v) is 4.73. The Morgan fingerprint density at radius 1 is 1.35 bits per heavy atom. The average molecular weight is 282 g/mol. The van der Waals surface area contributed by atoms with E-state index in [1.807, 2.05) is 0 Å². The second-order valence-electron chi connectivity index (χ2n) is 4.73. The number of esters is 1. The zero-order valence-corrected chi connectivity index (χ0v) is 11.7. The minimum absolute atomic E-state index is 0.190. The van der Waals surface area contributed by atoms with E-state index >= 15 is 0 Å². The van der Waals surface area contributed by atoms with Gasteiger partial charge in [0.1, 0.15) is 5.82 Å². The standard InChI is InChI=1S/C15H19FO4/c1-3-10-8-19-15(20-9-10)12-6-5-11(7-13(12)16)14(17)18-4-2/h5-7,10,15H,3-4,8-9H2,1-2H3. The van der Waals surface area contributed by atoms with Crippen molar-refractivity contribution >= 4 is 5.97 Å². The van der Waals surface area contributed by atoms with E-state index in [-0.39, 0.29) is 12.2 Å². The third kappa shape index (κ3) is 3.35. The predicted molar refractivity (Wildman–Crippen MR) is 70.8 cm³/mol. The number of rotatable bonds is 4. The van der Waals surface area contributed by atoms with Crippen LogP contribution < -0.4 is 0 Å². The maximum absolute atomic E-state index is 14.0. The second kappa shape index (κ2) is 6.81. The minimum atomic E-state index is -0.700. The van der Waals surface area contributed by atoms with Gasteiger partial charge in [0.25, 0.3) is 0 Å². The molecule has 1 heterocycles. The Morgan fingerprint density at radius 2 is 2.05 bits per heavy atom. The summed E-state index contributed by atoms with van der Waals surface area (Å²) in [7, 11) is 0. The lowest BCUT2D eigenvalue weighted by molar-refractivity contribution is -0.206. The van der Waals surface area contributed by atoms with Gasteiger partial charge in [-0.2, -0.15) is 0 Å². The van der Waals surface area contributed by atoms with E-state index in [2.05, 4.69) is 6.92 Å². The number of hydrogen-bond acceptors (Lipinski definition) is 4. The van der Waals surface area contributed by atoms with Crippen LogP contribution in [0.3, 0.4) is 0 Å². The quantitative estimate of drug-likeness (QED) is 0.796. The minimum Gasteiger partial charge on any atom is -0.462 e. The van der Waals surface area contributed by atoms with Crippen LogP contribution in [0.15, 0.2) is 18.2 Å². The Hall–Kier alpha value is -1.46. The summed E-state index contributed by atoms with van der Waals surface area (Å²) < 4.78 is 29.9. The number of ether oxygens (including phenoxy) is 3. The molecule has 4 nitrogen and oxygen atoms in total. The third-order valence-corrected chi connectivity index (χ3v) is 3.31. The molecule has 1 aromatic carbocycles. The van der Waals surface area contributed by atoms with Gasteiger partial charge in [-0.25, -0.2) is 9.18 Å². The van der Waals surface area contributed by atoms with Crippen molar-refractivity contribution in [3.63, 3.8) is 0 Å². The van der Waals surface area contributed by atoms with Crippen LogP contribution in [0.5, 0.6) is 0 Å². The van der Waals surface area contributed by atoms with E-state index in [1.165, 1.54) is 12.1 Å². The molecular formula is C15H19FO4. The van der Waals surface area contributed by atoms with Gasteiger partial charge < -0.3 is 14.2 Å². The molecule has 1 aliphatic heterocycles. The highest BCUT2D eigenvalue weighted by molar-refractivity contribution is 5.89. The van der Waals surface area contributed by atoms with E-state index in [0.29, 0.717) is 24.7 Å². The van der Waals surface area contributed by atoms with Crippen molar-refractivity contribution in [3.8, 4) is 0 Å². The first-order valence-electron chi connectivity index (χ1n) is 6.85. The maximum Gasteiger partial charge on any atom is 0.338 e. The van der Waals surface area contributed by atoms with Crippen molar-refractivity contribution in [3.05, 3.63) is 35.1 Å². The van der Waals surface area contributed by atoms with Crippen LogP contribution in [0.1, 0.15) is 42.5 Å². The molecule has 2 rings (SSSR count). The van der Waals surface area contributed by atoms with E-state index in [0.717, 1.165) is 12.5 Å². The summed E-state index contributed by atoms with van der Waals surface area (Å²) in [4.78, 5) is 11.5. The Bertz CT molecular complexity index is 467. The number of carbonyl (C=O) groups is 1. The normalized spacial score (nSPS) is 22.6. The summed E-state index contributed by atoms with van der Waals surface area (Å²) in [6.07, 6.45) is 0.269. The Morgan fingerprint density at radius 3 is 2.60 bits per heavy atom. The number of hydrogen-bond donors (Lipinski definition) is 0.